The van der Waals surface area contributed by atoms with E-state index in [-0.39, 0.29) is 407 Å². The zero-order valence-electron chi connectivity index (χ0n) is 46.6. The van der Waals surface area contributed by atoms with Gasteiger partial charge >= 0.3 is 65.4 Å². The maximum Gasteiger partial charge on any atom is 3.00 e. The zero-order chi connectivity index (χ0) is 60.0. The fourth-order valence-electron chi connectivity index (χ4n) is 7.40. The van der Waals surface area contributed by atoms with E-state index in [0.717, 1.165) is 9.80 Å². The predicted molar refractivity (Wildman–Crippen MR) is 229 cm³/mol. The van der Waals surface area contributed by atoms with E-state index >= 15 is 0 Å². The molecule has 0 aromatic heterocycles. The van der Waals surface area contributed by atoms with Gasteiger partial charge < -0.3 is 144 Å². The van der Waals surface area contributed by atoms with Gasteiger partial charge in [0, 0.05) is 341 Å². The number of likely N-dealkylation sites (tertiary alicyclic amines) is 6. The van der Waals surface area contributed by atoms with Crippen LogP contribution < -0.4 is 0 Å². The summed E-state index contributed by atoms with van der Waals surface area (Å²) in [6, 6.07) is 0. The SMILES string of the molecule is CN1C(=O)C2(C(=O)[N-]C2=O)C1=O.CN1C(=O)C2(C(=O)[N-]C2=O)C1=O.O=[C-]O.O=[C-]O.[CH2-]N1C(=O)C2(C(=O)[N-]C2=O)C1=O.[CH2-]N1C(=O)C2(C(=O)[N-]C2=O)C1=O.[CH2-]N1C(=O)C2(C(=O)[N-]C2=O)C1=O.[CH2-]N1C(=O)C2(C(=O)[N-]C2=O)C1=O.[CH3-].[CH3-].[Y+3].[Y+3].[Y].[Y].[Y].[Y].[Y].[Y].[Y].[Y].[Y].[Y]. The fraction of sp³-hybridized carbons (Fsp3) is 0.200. The van der Waals surface area contributed by atoms with Gasteiger partial charge in [-0.25, -0.2) is 28.2 Å². The summed E-state index contributed by atoms with van der Waals surface area (Å²) in [6.07, 6.45) is 0. The molecule has 12 aliphatic rings. The molecule has 52 heteroatoms. The number of nitrogens with zero attached hydrogens (tertiary/aromatic N) is 12. The molecule has 12 aliphatic heterocycles. The van der Waals surface area contributed by atoms with Crippen LogP contribution in [0.25, 0.3) is 31.9 Å². The number of aliphatic hydroxyl groups excluding tert-OH is 2. The van der Waals surface area contributed by atoms with Gasteiger partial charge in [-0.2, -0.15) is 0 Å². The molecule has 10 radical (unpaired) electrons. The Morgan fingerprint density at radius 2 is 0.337 bits per heavy atom. The molecule has 12 rings (SSSR count). The maximum atomic E-state index is 11.0. The summed E-state index contributed by atoms with van der Waals surface area (Å²) in [5, 5.41) is 30.7. The number of carbonyl (C=O) groups excluding carboxylic acids is 24. The maximum absolute atomic E-state index is 11.0. The van der Waals surface area contributed by atoms with Crippen LogP contribution in [-0.2, 0) is 517 Å². The molecule has 6 spiro atoms. The first-order valence-electron chi connectivity index (χ1n) is 19.3. The topological polar surface area (TPSA) is 588 Å². The number of amides is 24. The quantitative estimate of drug-likeness (QED) is 0.129. The van der Waals surface area contributed by atoms with Crippen LogP contribution in [0.15, 0.2) is 0 Å². The summed E-state index contributed by atoms with van der Waals surface area (Å²) >= 11 is 0. The summed E-state index contributed by atoms with van der Waals surface area (Å²) in [6.45, 7) is 1.00. The minimum atomic E-state index is -2.11. The van der Waals surface area contributed by atoms with Crippen molar-refractivity contribution < 1.29 is 527 Å². The Bertz CT molecular complexity index is 2570. The largest absolute Gasteiger partial charge is 3.00 e. The van der Waals surface area contributed by atoms with Crippen molar-refractivity contribution in [2.45, 2.75) is 0 Å². The van der Waals surface area contributed by atoms with Crippen molar-refractivity contribution in [1.82, 2.24) is 29.4 Å². The van der Waals surface area contributed by atoms with Crippen molar-refractivity contribution in [2.75, 3.05) is 14.1 Å². The summed E-state index contributed by atoms with van der Waals surface area (Å²) in [5.74, 6) is -21.6. The molecule has 454 valence electrons. The van der Waals surface area contributed by atoms with E-state index in [4.69, 9.17) is 19.8 Å². The average molecular weight is 2190 g/mol. The molecule has 24 amide bonds. The third-order valence-corrected chi connectivity index (χ3v) is 12.1. The summed E-state index contributed by atoms with van der Waals surface area (Å²) in [7, 11) is 14.6. The van der Waals surface area contributed by atoms with E-state index < -0.39 is 174 Å². The standard InChI is InChI=1S/2C6H4N2O4.4C6H3N2O4.2CHO2.2CH3.12Y/c6*1-8-4(11)6(5(8)12)2(9)7-3(6)10;2*2-1-3;;;;;;;;;;;;;;/h2*1H3,(H,7,9,10);4*1H2,(H,7,9,10);2*(H,2,3);2*1H3;;;;;;;;;;;;/q;;8*-1;;;;;;;;;;;2*+3/p-6. The van der Waals surface area contributed by atoms with E-state index in [0.29, 0.717) is 32.5 Å². The Kier molecular flexibility index (Phi) is 53.1. The van der Waals surface area contributed by atoms with Crippen molar-refractivity contribution in [3.63, 3.8) is 0 Å². The van der Waals surface area contributed by atoms with Gasteiger partial charge in [-0.05, 0) is 0 Å². The second-order valence-electron chi connectivity index (χ2n) is 15.5. The Balaban J connectivity index is -0.000000105. The van der Waals surface area contributed by atoms with Crippen LogP contribution in [0.5, 0.6) is 0 Å². The monoisotopic (exact) mass is 2180 g/mol. The van der Waals surface area contributed by atoms with Crippen molar-refractivity contribution in [3.8, 4) is 0 Å². The van der Waals surface area contributed by atoms with Crippen LogP contribution in [0.2, 0.25) is 0 Å². The molecule has 2 N–H and O–H groups in total. The molecule has 40 nitrogen and oxygen atoms in total. The molecule has 0 atom stereocenters. The Morgan fingerprint density at radius 1 is 0.261 bits per heavy atom. The van der Waals surface area contributed by atoms with Gasteiger partial charge in [0.05, 0.1) is 70.9 Å². The van der Waals surface area contributed by atoms with E-state index in [2.05, 4.69) is 60.1 Å². The van der Waals surface area contributed by atoms with Gasteiger partial charge in [0.25, 0.3) is 23.6 Å². The van der Waals surface area contributed by atoms with Crippen molar-refractivity contribution >= 4 is 155 Å². The Labute approximate surface area is 816 Å². The number of carbonyl (C=O) groups is 24. The molecular formula is C40H22N12O28Y12-8. The molecule has 0 saturated carbocycles. The van der Waals surface area contributed by atoms with Crippen LogP contribution in [0.3, 0.4) is 0 Å². The third kappa shape index (κ3) is 16.0. The first kappa shape index (κ1) is 115. The minimum Gasteiger partial charge on any atom is -0.665 e. The van der Waals surface area contributed by atoms with Crippen molar-refractivity contribution in [3.05, 3.63) is 74.9 Å². The van der Waals surface area contributed by atoms with Gasteiger partial charge in [0.1, 0.15) is 0 Å². The molecule has 12 fully saturated rings. The van der Waals surface area contributed by atoms with Gasteiger partial charge in [0.15, 0.2) is 0 Å². The van der Waals surface area contributed by atoms with Gasteiger partial charge in [-0.1, -0.05) is 12.9 Å². The van der Waals surface area contributed by atoms with E-state index in [1.165, 1.54) is 14.1 Å². The predicted octanol–water partition coefficient (Wildman–Crippen LogP) is -8.79. The van der Waals surface area contributed by atoms with Crippen molar-refractivity contribution in [2.24, 2.45) is 32.5 Å². The molecule has 0 bridgehead atoms. The molecule has 12 heterocycles. The van der Waals surface area contributed by atoms with Crippen LogP contribution in [0.4, 0.5) is 0 Å². The van der Waals surface area contributed by atoms with Gasteiger partial charge in [0.2, 0.25) is 79.7 Å². The Morgan fingerprint density at radius 3 is 0.391 bits per heavy atom. The van der Waals surface area contributed by atoms with Crippen LogP contribution >= 0.6 is 0 Å². The number of hydrogen-bond donors (Lipinski definition) is 2. The third-order valence-electron chi connectivity index (χ3n) is 12.1. The summed E-state index contributed by atoms with van der Waals surface area (Å²) in [4.78, 5) is 280. The molecule has 0 aromatic carbocycles. The van der Waals surface area contributed by atoms with Crippen LogP contribution in [-0.4, -0.2) is 208 Å². The fourth-order valence-corrected chi connectivity index (χ4v) is 7.40. The molecule has 92 heavy (non-hydrogen) atoms. The second kappa shape index (κ2) is 42.5. The number of β-lactam (4-membered cyclic amide) rings is 24. The molecule has 0 aromatic rings. The first-order chi connectivity index (χ1) is 36.0. The van der Waals surface area contributed by atoms with Crippen LogP contribution in [0, 0.1) is 75.5 Å². The number of rotatable bonds is 0. The first-order valence-corrected chi connectivity index (χ1v) is 19.3. The minimum absolute atomic E-state index is 0. The molecule has 0 unspecified atom stereocenters. The number of imide groups is 12. The second-order valence-corrected chi connectivity index (χ2v) is 15.5. The van der Waals surface area contributed by atoms with Crippen LogP contribution in [0.1, 0.15) is 0 Å². The van der Waals surface area contributed by atoms with E-state index in [1.54, 1.807) is 0 Å². The van der Waals surface area contributed by atoms with Crippen molar-refractivity contribution in [1.29, 1.82) is 0 Å². The average Bonchev–Trinajstić information content (AvgIpc) is 3.39. The van der Waals surface area contributed by atoms with E-state index in [1.807, 2.05) is 0 Å². The van der Waals surface area contributed by atoms with Gasteiger partial charge in [-0.15, -0.1) is 0 Å². The number of hydrogen-bond acceptors (Lipinski definition) is 26. The Hall–Kier alpha value is 1.87. The molecule has 0 aliphatic carbocycles. The van der Waals surface area contributed by atoms with Gasteiger partial charge in [-0.3, -0.25) is 67.3 Å². The molecular weight excluding hydrogens is 2160 g/mol. The zero-order valence-corrected chi connectivity index (χ0v) is 80.7. The smallest absolute Gasteiger partial charge is 0.665 e. The molecule has 12 saturated heterocycles. The normalized spacial score (nSPS) is 20.0. The van der Waals surface area contributed by atoms with E-state index in [9.17, 15) is 115 Å². The summed E-state index contributed by atoms with van der Waals surface area (Å²) in [5.41, 5.74) is -12.5. The summed E-state index contributed by atoms with van der Waals surface area (Å²) < 4.78 is 0.